The first-order chi connectivity index (χ1) is 9.69. The van der Waals surface area contributed by atoms with Crippen LogP contribution in [0.1, 0.15) is 17.5 Å². The van der Waals surface area contributed by atoms with Crippen molar-refractivity contribution in [3.63, 3.8) is 0 Å². The van der Waals surface area contributed by atoms with Gasteiger partial charge in [-0.1, -0.05) is 12.2 Å². The molecule has 2 atom stereocenters. The maximum atomic E-state index is 11.7. The summed E-state index contributed by atoms with van der Waals surface area (Å²) in [6.45, 7) is 2.74. The standard InChI is InChI=1S/C15H21N3O2/c1-11-9-16-6-4-13(11)5-7-17-15(20)18-14-3-2-12(8-14)10-19/h2-4,6,9,12,14,19H,5,7-8,10H2,1H3,(H2,17,18,20)/t12-,14+/m0/s1. The van der Waals surface area contributed by atoms with Crippen LogP contribution in [0.15, 0.2) is 30.6 Å². The monoisotopic (exact) mass is 275 g/mol. The van der Waals surface area contributed by atoms with E-state index in [4.69, 9.17) is 5.11 Å². The molecule has 108 valence electrons. The van der Waals surface area contributed by atoms with Crippen LogP contribution >= 0.6 is 0 Å². The van der Waals surface area contributed by atoms with Crippen LogP contribution in [0.2, 0.25) is 0 Å². The van der Waals surface area contributed by atoms with Gasteiger partial charge in [0.2, 0.25) is 0 Å². The summed E-state index contributed by atoms with van der Waals surface area (Å²) >= 11 is 0. The molecule has 1 aliphatic rings. The van der Waals surface area contributed by atoms with Crippen molar-refractivity contribution in [2.75, 3.05) is 13.2 Å². The van der Waals surface area contributed by atoms with E-state index in [1.165, 1.54) is 5.56 Å². The number of carbonyl (C=O) groups excluding carboxylic acids is 1. The van der Waals surface area contributed by atoms with E-state index in [1.807, 2.05) is 31.3 Å². The van der Waals surface area contributed by atoms with Gasteiger partial charge in [-0.15, -0.1) is 0 Å². The first kappa shape index (κ1) is 14.5. The molecule has 3 N–H and O–H groups in total. The van der Waals surface area contributed by atoms with E-state index in [0.29, 0.717) is 6.54 Å². The Morgan fingerprint density at radius 2 is 2.35 bits per heavy atom. The van der Waals surface area contributed by atoms with Gasteiger partial charge in [-0.05, 0) is 37.0 Å². The number of nitrogens with zero attached hydrogens (tertiary/aromatic N) is 1. The van der Waals surface area contributed by atoms with Gasteiger partial charge in [-0.25, -0.2) is 4.79 Å². The van der Waals surface area contributed by atoms with E-state index >= 15 is 0 Å². The Kier molecular flexibility index (Phi) is 5.12. The van der Waals surface area contributed by atoms with Crippen LogP contribution in [-0.4, -0.2) is 35.3 Å². The number of aliphatic hydroxyl groups is 1. The molecule has 0 radical (unpaired) electrons. The molecule has 1 heterocycles. The minimum absolute atomic E-state index is 0.0230. The summed E-state index contributed by atoms with van der Waals surface area (Å²) in [6.07, 6.45) is 9.04. The Balaban J connectivity index is 1.69. The number of nitrogens with one attached hydrogen (secondary N) is 2. The summed E-state index contributed by atoms with van der Waals surface area (Å²) < 4.78 is 0. The number of amides is 2. The lowest BCUT2D eigenvalue weighted by Gasteiger charge is -2.13. The molecule has 0 bridgehead atoms. The number of carbonyl (C=O) groups is 1. The van der Waals surface area contributed by atoms with Gasteiger partial charge in [0.25, 0.3) is 0 Å². The second kappa shape index (κ2) is 7.05. The van der Waals surface area contributed by atoms with Crippen LogP contribution in [0.3, 0.4) is 0 Å². The van der Waals surface area contributed by atoms with Gasteiger partial charge in [0.15, 0.2) is 0 Å². The Labute approximate surface area is 119 Å². The van der Waals surface area contributed by atoms with E-state index in [9.17, 15) is 4.79 Å². The largest absolute Gasteiger partial charge is 0.396 e. The van der Waals surface area contributed by atoms with Gasteiger partial charge in [0.1, 0.15) is 0 Å². The van der Waals surface area contributed by atoms with Gasteiger partial charge in [0, 0.05) is 37.5 Å². The van der Waals surface area contributed by atoms with Crippen molar-refractivity contribution in [3.05, 3.63) is 41.7 Å². The van der Waals surface area contributed by atoms with Crippen molar-refractivity contribution in [1.82, 2.24) is 15.6 Å². The summed E-state index contributed by atoms with van der Waals surface area (Å²) in [4.78, 5) is 15.8. The number of pyridine rings is 1. The van der Waals surface area contributed by atoms with Gasteiger partial charge < -0.3 is 15.7 Å². The summed E-state index contributed by atoms with van der Waals surface area (Å²) in [5.74, 6) is 0.166. The van der Waals surface area contributed by atoms with Crippen molar-refractivity contribution < 1.29 is 9.90 Å². The quantitative estimate of drug-likeness (QED) is 0.706. The average Bonchev–Trinajstić information content (AvgIpc) is 2.88. The predicted octanol–water partition coefficient (Wildman–Crippen LogP) is 1.17. The molecule has 1 aromatic rings. The molecule has 2 rings (SSSR count). The normalized spacial score (nSPS) is 20.9. The lowest BCUT2D eigenvalue weighted by molar-refractivity contribution is 0.231. The summed E-state index contributed by atoms with van der Waals surface area (Å²) in [6, 6.07) is 1.83. The number of rotatable bonds is 5. The number of urea groups is 1. The highest BCUT2D eigenvalue weighted by atomic mass is 16.3. The SMILES string of the molecule is Cc1cnccc1CCNC(=O)N[C@@H]1C=C[C@H](CO)C1. The molecule has 0 spiro atoms. The molecule has 1 aromatic heterocycles. The Hall–Kier alpha value is -1.88. The zero-order valence-electron chi connectivity index (χ0n) is 11.7. The Morgan fingerprint density at radius 3 is 3.05 bits per heavy atom. The molecule has 5 nitrogen and oxygen atoms in total. The number of hydrogen-bond donors (Lipinski definition) is 3. The Bertz CT molecular complexity index is 488. The van der Waals surface area contributed by atoms with Crippen molar-refractivity contribution in [2.24, 2.45) is 5.92 Å². The second-order valence-corrected chi connectivity index (χ2v) is 5.12. The van der Waals surface area contributed by atoms with E-state index in [2.05, 4.69) is 15.6 Å². The molecule has 0 fully saturated rings. The van der Waals surface area contributed by atoms with Crippen molar-refractivity contribution in [1.29, 1.82) is 0 Å². The van der Waals surface area contributed by atoms with E-state index in [0.717, 1.165) is 18.4 Å². The summed E-state index contributed by atoms with van der Waals surface area (Å²) in [7, 11) is 0. The minimum atomic E-state index is -0.162. The highest BCUT2D eigenvalue weighted by Gasteiger charge is 2.19. The van der Waals surface area contributed by atoms with E-state index in [-0.39, 0.29) is 24.6 Å². The van der Waals surface area contributed by atoms with Gasteiger partial charge in [0.05, 0.1) is 0 Å². The lowest BCUT2D eigenvalue weighted by atomic mass is 10.1. The van der Waals surface area contributed by atoms with Crippen molar-refractivity contribution >= 4 is 6.03 Å². The second-order valence-electron chi connectivity index (χ2n) is 5.12. The molecule has 5 heteroatoms. The first-order valence-electron chi connectivity index (χ1n) is 6.92. The maximum absolute atomic E-state index is 11.7. The zero-order chi connectivity index (χ0) is 14.4. The van der Waals surface area contributed by atoms with Gasteiger partial charge in [-0.3, -0.25) is 4.98 Å². The zero-order valence-corrected chi connectivity index (χ0v) is 11.7. The molecule has 0 saturated carbocycles. The highest BCUT2D eigenvalue weighted by Crippen LogP contribution is 2.16. The molecular weight excluding hydrogens is 254 g/mol. The maximum Gasteiger partial charge on any atom is 0.315 e. The third kappa shape index (κ3) is 4.06. The van der Waals surface area contributed by atoms with Crippen molar-refractivity contribution in [2.45, 2.75) is 25.8 Å². The number of hydrogen-bond acceptors (Lipinski definition) is 3. The summed E-state index contributed by atoms with van der Waals surface area (Å²) in [5, 5.41) is 14.8. The van der Waals surface area contributed by atoms with Crippen molar-refractivity contribution in [3.8, 4) is 0 Å². The molecule has 1 aliphatic carbocycles. The third-order valence-corrected chi connectivity index (χ3v) is 3.54. The number of aromatic nitrogens is 1. The van der Waals surface area contributed by atoms with Crippen LogP contribution in [0.25, 0.3) is 0 Å². The fraction of sp³-hybridized carbons (Fsp3) is 0.467. The predicted molar refractivity (Wildman–Crippen MR) is 77.3 cm³/mol. The van der Waals surface area contributed by atoms with Crippen LogP contribution < -0.4 is 10.6 Å². The summed E-state index contributed by atoms with van der Waals surface area (Å²) in [5.41, 5.74) is 2.33. The minimum Gasteiger partial charge on any atom is -0.396 e. The fourth-order valence-electron chi connectivity index (χ4n) is 2.33. The molecular formula is C15H21N3O2. The molecule has 20 heavy (non-hydrogen) atoms. The number of aryl methyl sites for hydroxylation is 1. The van der Waals surface area contributed by atoms with Crippen LogP contribution in [0.5, 0.6) is 0 Å². The van der Waals surface area contributed by atoms with Crippen LogP contribution in [0, 0.1) is 12.8 Å². The van der Waals surface area contributed by atoms with Gasteiger partial charge in [-0.2, -0.15) is 0 Å². The number of aliphatic hydroxyl groups excluding tert-OH is 1. The average molecular weight is 275 g/mol. The molecule has 2 amide bonds. The molecule has 0 unspecified atom stereocenters. The smallest absolute Gasteiger partial charge is 0.315 e. The lowest BCUT2D eigenvalue weighted by Crippen LogP contribution is -2.41. The fourth-order valence-corrected chi connectivity index (χ4v) is 2.33. The highest BCUT2D eigenvalue weighted by molar-refractivity contribution is 5.74. The van der Waals surface area contributed by atoms with E-state index in [1.54, 1.807) is 6.20 Å². The molecule has 0 aliphatic heterocycles. The third-order valence-electron chi connectivity index (χ3n) is 3.54. The topological polar surface area (TPSA) is 74.2 Å². The first-order valence-corrected chi connectivity index (χ1v) is 6.92. The van der Waals surface area contributed by atoms with Crippen LogP contribution in [-0.2, 0) is 6.42 Å². The molecule has 0 saturated heterocycles. The Morgan fingerprint density at radius 1 is 1.50 bits per heavy atom. The van der Waals surface area contributed by atoms with Gasteiger partial charge >= 0.3 is 6.03 Å². The van der Waals surface area contributed by atoms with E-state index < -0.39 is 0 Å². The molecule has 0 aromatic carbocycles. The van der Waals surface area contributed by atoms with Crippen LogP contribution in [0.4, 0.5) is 4.79 Å².